The van der Waals surface area contributed by atoms with Gasteiger partial charge in [-0.15, -0.1) is 0 Å². The van der Waals surface area contributed by atoms with Crippen molar-refractivity contribution in [3.8, 4) is 4.97 Å². The molecule has 0 fully saturated rings. The van der Waals surface area contributed by atoms with E-state index in [4.69, 9.17) is 5.26 Å². The summed E-state index contributed by atoms with van der Waals surface area (Å²) in [5.41, 5.74) is 2.38. The second kappa shape index (κ2) is 9.60. The van der Waals surface area contributed by atoms with Crippen LogP contribution in [0.25, 0.3) is 0 Å². The van der Waals surface area contributed by atoms with Crippen molar-refractivity contribution in [2.75, 3.05) is 6.54 Å². The van der Waals surface area contributed by atoms with Gasteiger partial charge in [0.05, 0.1) is 0 Å². The minimum absolute atomic E-state index is 0.0581. The number of carbonyl (C=O) groups excluding carboxylic acids is 1. The summed E-state index contributed by atoms with van der Waals surface area (Å²) in [6.45, 7) is 7.01. The second-order valence-electron chi connectivity index (χ2n) is 5.65. The van der Waals surface area contributed by atoms with Gasteiger partial charge >= 0.3 is 120 Å². The standard InChI is InChI=1S/C17H24N2OSe/c1-13(2)11-15-5-7-16(8-6-15)14(3)17(20)19-9-4-10-21-12-18/h5-8,13-14H,4,9-11H2,1-3H3,(H,19,20). The predicted molar refractivity (Wildman–Crippen MR) is 87.2 cm³/mol. The molecule has 0 heterocycles. The number of hydrogen-bond donors (Lipinski definition) is 1. The van der Waals surface area contributed by atoms with Crippen molar-refractivity contribution in [2.24, 2.45) is 5.92 Å². The molecule has 1 amide bonds. The van der Waals surface area contributed by atoms with E-state index >= 15 is 0 Å². The van der Waals surface area contributed by atoms with Gasteiger partial charge in [-0.05, 0) is 0 Å². The topological polar surface area (TPSA) is 52.9 Å². The van der Waals surface area contributed by atoms with Crippen LogP contribution in [0, 0.1) is 16.1 Å². The monoisotopic (exact) mass is 352 g/mol. The Labute approximate surface area is 134 Å². The van der Waals surface area contributed by atoms with Crippen LogP contribution >= 0.6 is 0 Å². The van der Waals surface area contributed by atoms with E-state index in [9.17, 15) is 4.79 Å². The molecule has 114 valence electrons. The van der Waals surface area contributed by atoms with Crippen molar-refractivity contribution in [1.82, 2.24) is 5.32 Å². The molecule has 1 rings (SSSR count). The fourth-order valence-corrected chi connectivity index (χ4v) is 2.92. The zero-order valence-electron chi connectivity index (χ0n) is 13.1. The van der Waals surface area contributed by atoms with Crippen LogP contribution in [0.4, 0.5) is 0 Å². The maximum absolute atomic E-state index is 12.1. The van der Waals surface area contributed by atoms with Gasteiger partial charge in [0.15, 0.2) is 0 Å². The predicted octanol–water partition coefficient (Wildman–Crippen LogP) is 3.10. The average Bonchev–Trinajstić information content (AvgIpc) is 2.46. The number of nitrogens with one attached hydrogen (secondary N) is 1. The number of benzene rings is 1. The van der Waals surface area contributed by atoms with Gasteiger partial charge in [0.2, 0.25) is 0 Å². The van der Waals surface area contributed by atoms with E-state index in [2.05, 4.69) is 48.4 Å². The van der Waals surface area contributed by atoms with E-state index in [1.807, 2.05) is 6.92 Å². The van der Waals surface area contributed by atoms with Crippen molar-refractivity contribution in [1.29, 1.82) is 5.26 Å². The van der Waals surface area contributed by atoms with Gasteiger partial charge in [-0.3, -0.25) is 0 Å². The molecular weight excluding hydrogens is 327 g/mol. The Kier molecular flexibility index (Phi) is 8.12. The summed E-state index contributed by atoms with van der Waals surface area (Å²) < 4.78 is 0. The minimum atomic E-state index is -0.125. The molecule has 0 saturated carbocycles. The number of nitriles is 1. The summed E-state index contributed by atoms with van der Waals surface area (Å²) in [4.78, 5) is 14.2. The zero-order chi connectivity index (χ0) is 15.7. The Bertz CT molecular complexity index is 477. The Morgan fingerprint density at radius 2 is 1.95 bits per heavy atom. The second-order valence-corrected chi connectivity index (χ2v) is 7.49. The molecule has 21 heavy (non-hydrogen) atoms. The molecule has 0 aliphatic carbocycles. The maximum atomic E-state index is 12.1. The molecule has 0 saturated heterocycles. The average molecular weight is 351 g/mol. The van der Waals surface area contributed by atoms with Crippen molar-refractivity contribution in [3.05, 3.63) is 35.4 Å². The van der Waals surface area contributed by atoms with Gasteiger partial charge in [0.25, 0.3) is 0 Å². The van der Waals surface area contributed by atoms with Crippen LogP contribution in [0.15, 0.2) is 24.3 Å². The molecule has 1 atom stereocenters. The third-order valence-electron chi connectivity index (χ3n) is 3.30. The molecule has 0 radical (unpaired) electrons. The fraction of sp³-hybridized carbons (Fsp3) is 0.529. The molecule has 0 aliphatic heterocycles. The van der Waals surface area contributed by atoms with E-state index in [0.717, 1.165) is 23.7 Å². The van der Waals surface area contributed by atoms with Crippen LogP contribution in [0.2, 0.25) is 5.32 Å². The fourth-order valence-electron chi connectivity index (χ4n) is 2.12. The number of rotatable bonds is 8. The van der Waals surface area contributed by atoms with E-state index < -0.39 is 0 Å². The van der Waals surface area contributed by atoms with Crippen molar-refractivity contribution in [3.63, 3.8) is 0 Å². The molecule has 0 aromatic heterocycles. The van der Waals surface area contributed by atoms with Gasteiger partial charge in [0.1, 0.15) is 0 Å². The van der Waals surface area contributed by atoms with Crippen molar-refractivity contribution < 1.29 is 4.79 Å². The van der Waals surface area contributed by atoms with Gasteiger partial charge in [0, 0.05) is 0 Å². The van der Waals surface area contributed by atoms with E-state index in [0.29, 0.717) is 12.5 Å². The van der Waals surface area contributed by atoms with Gasteiger partial charge < -0.3 is 0 Å². The van der Waals surface area contributed by atoms with Crippen LogP contribution in [-0.4, -0.2) is 27.4 Å². The van der Waals surface area contributed by atoms with E-state index in [-0.39, 0.29) is 26.8 Å². The molecule has 1 aromatic carbocycles. The summed E-state index contributed by atoms with van der Waals surface area (Å²) in [5, 5.41) is 12.3. The summed E-state index contributed by atoms with van der Waals surface area (Å²) in [6.07, 6.45) is 1.96. The Morgan fingerprint density at radius 1 is 1.29 bits per heavy atom. The summed E-state index contributed by atoms with van der Waals surface area (Å²) in [5.74, 6) is 0.585. The third kappa shape index (κ3) is 6.80. The number of nitrogens with zero attached hydrogens (tertiary/aromatic N) is 1. The first-order chi connectivity index (χ1) is 10.0. The van der Waals surface area contributed by atoms with Crippen LogP contribution in [0.1, 0.15) is 44.2 Å². The number of amides is 1. The van der Waals surface area contributed by atoms with Crippen molar-refractivity contribution >= 4 is 20.9 Å². The van der Waals surface area contributed by atoms with Gasteiger partial charge in [-0.1, -0.05) is 13.8 Å². The molecular formula is C17H24N2OSe. The molecule has 0 spiro atoms. The first-order valence-corrected chi connectivity index (χ1v) is 9.48. The molecule has 3 nitrogen and oxygen atoms in total. The third-order valence-corrected chi connectivity index (χ3v) is 4.61. The normalized spacial score (nSPS) is 12.0. The molecule has 1 aromatic rings. The number of hydrogen-bond acceptors (Lipinski definition) is 2. The molecule has 0 aliphatic rings. The Morgan fingerprint density at radius 3 is 2.52 bits per heavy atom. The van der Waals surface area contributed by atoms with E-state index in [1.54, 1.807) is 0 Å². The number of carbonyl (C=O) groups is 1. The van der Waals surface area contributed by atoms with Gasteiger partial charge in [-0.2, -0.15) is 0 Å². The summed E-state index contributed by atoms with van der Waals surface area (Å²) >= 11 is 0.0581. The van der Waals surface area contributed by atoms with Crippen LogP contribution in [-0.2, 0) is 11.2 Å². The zero-order valence-corrected chi connectivity index (χ0v) is 14.8. The first kappa shape index (κ1) is 17.8. The Hall–Kier alpha value is -1.30. The first-order valence-electron chi connectivity index (χ1n) is 7.42. The van der Waals surface area contributed by atoms with Crippen LogP contribution in [0.3, 0.4) is 0 Å². The van der Waals surface area contributed by atoms with Crippen molar-refractivity contribution in [2.45, 2.75) is 44.9 Å². The van der Waals surface area contributed by atoms with Crippen LogP contribution in [0.5, 0.6) is 0 Å². The molecule has 1 N–H and O–H groups in total. The van der Waals surface area contributed by atoms with Gasteiger partial charge in [-0.25, -0.2) is 0 Å². The molecule has 0 bridgehead atoms. The SMILES string of the molecule is CC(C)Cc1ccc(C(C)C(=O)NCCC[Se]C#N)cc1. The Balaban J connectivity index is 2.44. The summed E-state index contributed by atoms with van der Waals surface area (Å²) in [7, 11) is 0. The van der Waals surface area contributed by atoms with Crippen LogP contribution < -0.4 is 5.32 Å². The molecule has 4 heteroatoms. The summed E-state index contributed by atoms with van der Waals surface area (Å²) in [6, 6.07) is 8.35. The quantitative estimate of drug-likeness (QED) is 0.578. The van der Waals surface area contributed by atoms with E-state index in [1.165, 1.54) is 5.56 Å². The molecule has 1 unspecified atom stereocenters.